The van der Waals surface area contributed by atoms with Gasteiger partial charge in [0.25, 0.3) is 0 Å². The maximum Gasteiger partial charge on any atom is 0.339 e. The molecular formula is C13H7F2NO3S. The third-order valence-corrected chi connectivity index (χ3v) is 3.59. The van der Waals surface area contributed by atoms with Crippen LogP contribution in [0.1, 0.15) is 5.56 Å². The van der Waals surface area contributed by atoms with E-state index in [-0.39, 0.29) is 16.2 Å². The van der Waals surface area contributed by atoms with Crippen LogP contribution in [0.5, 0.6) is 5.75 Å². The molecule has 0 N–H and O–H groups in total. The Morgan fingerprint density at radius 2 is 1.80 bits per heavy atom. The van der Waals surface area contributed by atoms with Crippen LogP contribution in [0.3, 0.4) is 0 Å². The zero-order valence-electron chi connectivity index (χ0n) is 9.88. The van der Waals surface area contributed by atoms with Gasteiger partial charge in [0.15, 0.2) is 11.6 Å². The van der Waals surface area contributed by atoms with Crippen molar-refractivity contribution in [1.82, 2.24) is 0 Å². The molecule has 102 valence electrons. The van der Waals surface area contributed by atoms with Crippen molar-refractivity contribution in [1.29, 1.82) is 5.26 Å². The van der Waals surface area contributed by atoms with Gasteiger partial charge in [-0.05, 0) is 30.3 Å². The summed E-state index contributed by atoms with van der Waals surface area (Å²) in [6.07, 6.45) is 0. The lowest BCUT2D eigenvalue weighted by Gasteiger charge is -2.07. The van der Waals surface area contributed by atoms with Crippen molar-refractivity contribution in [2.75, 3.05) is 0 Å². The Kier molecular flexibility index (Phi) is 3.68. The predicted octanol–water partition coefficient (Wildman–Crippen LogP) is 2.60. The zero-order chi connectivity index (χ0) is 14.8. The van der Waals surface area contributed by atoms with E-state index in [4.69, 9.17) is 5.26 Å². The van der Waals surface area contributed by atoms with Gasteiger partial charge in [-0.1, -0.05) is 6.07 Å². The molecule has 7 heteroatoms. The Labute approximate surface area is 114 Å². The quantitative estimate of drug-likeness (QED) is 0.816. The van der Waals surface area contributed by atoms with E-state index in [0.717, 1.165) is 18.2 Å². The summed E-state index contributed by atoms with van der Waals surface area (Å²) in [6.45, 7) is 0. The number of rotatable bonds is 3. The SMILES string of the molecule is N#Cc1cccc(S(=O)(=O)Oc2ccc(F)c(F)c2)c1. The predicted molar refractivity (Wildman–Crippen MR) is 65.3 cm³/mol. The van der Waals surface area contributed by atoms with E-state index in [1.807, 2.05) is 0 Å². The maximum absolute atomic E-state index is 13.0. The van der Waals surface area contributed by atoms with Crippen LogP contribution >= 0.6 is 0 Å². The standard InChI is InChI=1S/C13H7F2NO3S/c14-12-5-4-10(7-13(12)15)19-20(17,18)11-3-1-2-9(6-11)8-16/h1-7H. The van der Waals surface area contributed by atoms with Gasteiger partial charge >= 0.3 is 10.1 Å². The molecule has 4 nitrogen and oxygen atoms in total. The third kappa shape index (κ3) is 2.92. The molecule has 2 aromatic carbocycles. The maximum atomic E-state index is 13.0. The highest BCUT2D eigenvalue weighted by molar-refractivity contribution is 7.87. The van der Waals surface area contributed by atoms with Gasteiger partial charge in [0, 0.05) is 6.07 Å². The van der Waals surface area contributed by atoms with Crippen LogP contribution in [0.15, 0.2) is 47.4 Å². The number of halogens is 2. The van der Waals surface area contributed by atoms with Crippen LogP contribution in [-0.4, -0.2) is 8.42 Å². The Morgan fingerprint density at radius 3 is 2.45 bits per heavy atom. The van der Waals surface area contributed by atoms with Crippen molar-refractivity contribution in [2.24, 2.45) is 0 Å². The number of nitrogens with zero attached hydrogens (tertiary/aromatic N) is 1. The molecule has 0 fully saturated rings. The summed E-state index contributed by atoms with van der Waals surface area (Å²) in [5, 5.41) is 8.71. The Balaban J connectivity index is 2.35. The summed E-state index contributed by atoms with van der Waals surface area (Å²) in [6, 6.07) is 9.32. The Hall–Kier alpha value is -2.46. The van der Waals surface area contributed by atoms with Crippen LogP contribution in [-0.2, 0) is 10.1 Å². The molecule has 0 radical (unpaired) electrons. The van der Waals surface area contributed by atoms with Crippen LogP contribution in [0.4, 0.5) is 8.78 Å². The summed E-state index contributed by atoms with van der Waals surface area (Å²) in [5.74, 6) is -2.68. The molecule has 0 spiro atoms. The largest absolute Gasteiger partial charge is 0.379 e. The van der Waals surface area contributed by atoms with Gasteiger partial charge in [-0.25, -0.2) is 8.78 Å². The molecule has 0 bridgehead atoms. The van der Waals surface area contributed by atoms with E-state index >= 15 is 0 Å². The van der Waals surface area contributed by atoms with Crippen molar-refractivity contribution in [3.8, 4) is 11.8 Å². The highest BCUT2D eigenvalue weighted by Crippen LogP contribution is 2.21. The molecule has 0 saturated carbocycles. The van der Waals surface area contributed by atoms with Gasteiger partial charge < -0.3 is 4.18 Å². The first kappa shape index (κ1) is 14.0. The summed E-state index contributed by atoms with van der Waals surface area (Å²) < 4.78 is 54.2. The van der Waals surface area contributed by atoms with Crippen LogP contribution in [0, 0.1) is 23.0 Å². The number of hydrogen-bond acceptors (Lipinski definition) is 4. The molecule has 0 heterocycles. The van der Waals surface area contributed by atoms with Crippen molar-refractivity contribution < 1.29 is 21.4 Å². The second-order valence-corrected chi connectivity index (χ2v) is 5.30. The second-order valence-electron chi connectivity index (χ2n) is 3.75. The first-order valence-corrected chi connectivity index (χ1v) is 6.73. The average molecular weight is 295 g/mol. The summed E-state index contributed by atoms with van der Waals surface area (Å²) >= 11 is 0. The second kappa shape index (κ2) is 5.27. The van der Waals surface area contributed by atoms with Crippen molar-refractivity contribution in [3.63, 3.8) is 0 Å². The molecule has 0 aliphatic heterocycles. The minimum absolute atomic E-state index is 0.139. The first-order chi connectivity index (χ1) is 9.42. The molecule has 20 heavy (non-hydrogen) atoms. The molecule has 0 aromatic heterocycles. The molecule has 0 aliphatic carbocycles. The van der Waals surface area contributed by atoms with E-state index in [9.17, 15) is 17.2 Å². The summed E-state index contributed by atoms with van der Waals surface area (Å²) in [7, 11) is -4.22. The minimum Gasteiger partial charge on any atom is -0.379 e. The lowest BCUT2D eigenvalue weighted by atomic mass is 10.2. The monoisotopic (exact) mass is 295 g/mol. The fraction of sp³-hybridized carbons (Fsp3) is 0. The lowest BCUT2D eigenvalue weighted by molar-refractivity contribution is 0.472. The fourth-order valence-corrected chi connectivity index (χ4v) is 2.39. The first-order valence-electron chi connectivity index (χ1n) is 5.32. The van der Waals surface area contributed by atoms with Crippen LogP contribution in [0.25, 0.3) is 0 Å². The summed E-state index contributed by atoms with van der Waals surface area (Å²) in [4.78, 5) is -0.249. The van der Waals surface area contributed by atoms with E-state index in [1.165, 1.54) is 18.2 Å². The number of hydrogen-bond donors (Lipinski definition) is 0. The van der Waals surface area contributed by atoms with Gasteiger partial charge in [-0.15, -0.1) is 0 Å². The number of nitriles is 1. The van der Waals surface area contributed by atoms with Gasteiger partial charge in [0.1, 0.15) is 10.6 Å². The third-order valence-electron chi connectivity index (χ3n) is 2.35. The normalized spacial score (nSPS) is 10.8. The van der Waals surface area contributed by atoms with E-state index in [2.05, 4.69) is 4.18 Å². The van der Waals surface area contributed by atoms with Crippen molar-refractivity contribution in [2.45, 2.75) is 4.90 Å². The molecule has 0 saturated heterocycles. The molecule has 0 atom stereocenters. The molecule has 2 aromatic rings. The molecular weight excluding hydrogens is 288 g/mol. The topological polar surface area (TPSA) is 67.2 Å². The fourth-order valence-electron chi connectivity index (χ4n) is 1.42. The molecule has 0 amide bonds. The highest BCUT2D eigenvalue weighted by atomic mass is 32.2. The summed E-state index contributed by atoms with van der Waals surface area (Å²) in [5.41, 5.74) is 0.139. The molecule has 0 aliphatic rings. The minimum atomic E-state index is -4.22. The van der Waals surface area contributed by atoms with Crippen molar-refractivity contribution in [3.05, 3.63) is 59.7 Å². The molecule has 0 unspecified atom stereocenters. The van der Waals surface area contributed by atoms with Gasteiger partial charge in [-0.3, -0.25) is 0 Å². The Bertz CT molecular complexity index is 798. The highest BCUT2D eigenvalue weighted by Gasteiger charge is 2.18. The van der Waals surface area contributed by atoms with Crippen molar-refractivity contribution >= 4 is 10.1 Å². The van der Waals surface area contributed by atoms with Gasteiger partial charge in [0.05, 0.1) is 11.6 Å². The van der Waals surface area contributed by atoms with E-state index in [0.29, 0.717) is 6.07 Å². The number of benzene rings is 2. The zero-order valence-corrected chi connectivity index (χ0v) is 10.7. The van der Waals surface area contributed by atoms with E-state index in [1.54, 1.807) is 6.07 Å². The average Bonchev–Trinajstić information content (AvgIpc) is 2.43. The van der Waals surface area contributed by atoms with Gasteiger partial charge in [0.2, 0.25) is 0 Å². The van der Waals surface area contributed by atoms with Gasteiger partial charge in [-0.2, -0.15) is 13.7 Å². The molecule has 2 rings (SSSR count). The smallest absolute Gasteiger partial charge is 0.339 e. The van der Waals surface area contributed by atoms with Crippen LogP contribution in [0.2, 0.25) is 0 Å². The Morgan fingerprint density at radius 1 is 1.05 bits per heavy atom. The lowest BCUT2D eigenvalue weighted by Crippen LogP contribution is -2.10. The van der Waals surface area contributed by atoms with E-state index < -0.39 is 21.8 Å². The van der Waals surface area contributed by atoms with Crippen LogP contribution < -0.4 is 4.18 Å².